The van der Waals surface area contributed by atoms with Crippen LogP contribution in [0, 0.1) is 0 Å². The lowest BCUT2D eigenvalue weighted by atomic mass is 10.1. The fraction of sp³-hybridized carbons (Fsp3) is 0.412. The molecule has 0 aliphatic carbocycles. The fourth-order valence-electron chi connectivity index (χ4n) is 2.13. The molecule has 0 aliphatic rings. The minimum atomic E-state index is -4.35. The van der Waals surface area contributed by atoms with Crippen molar-refractivity contribution in [1.82, 2.24) is 5.32 Å². The van der Waals surface area contributed by atoms with Crippen molar-refractivity contribution in [3.8, 4) is 11.3 Å². The molecule has 2 rings (SSSR count). The number of hydrogen-bond donors (Lipinski definition) is 1. The van der Waals surface area contributed by atoms with Crippen molar-refractivity contribution >= 4 is 0 Å². The van der Waals surface area contributed by atoms with E-state index in [0.29, 0.717) is 36.8 Å². The van der Waals surface area contributed by atoms with Gasteiger partial charge in [-0.2, -0.15) is 13.2 Å². The Morgan fingerprint density at radius 1 is 1.17 bits per heavy atom. The lowest BCUT2D eigenvalue weighted by Gasteiger charge is -2.07. The van der Waals surface area contributed by atoms with Crippen LogP contribution in [0.2, 0.25) is 0 Å². The summed E-state index contributed by atoms with van der Waals surface area (Å²) in [4.78, 5) is 0. The molecule has 1 aromatic heterocycles. The number of rotatable bonds is 8. The number of furan rings is 1. The molecule has 0 unspecified atom stereocenters. The number of benzene rings is 1. The summed E-state index contributed by atoms with van der Waals surface area (Å²) in [5.74, 6) is 1.12. The molecule has 0 aliphatic heterocycles. The number of hydrogen-bond acceptors (Lipinski definition) is 3. The van der Waals surface area contributed by atoms with Gasteiger partial charge in [0.1, 0.15) is 11.5 Å². The summed E-state index contributed by atoms with van der Waals surface area (Å²) in [7, 11) is 0. The maximum atomic E-state index is 12.7. The van der Waals surface area contributed by atoms with E-state index in [1.165, 1.54) is 6.07 Å². The largest absolute Gasteiger partial charge is 0.460 e. The van der Waals surface area contributed by atoms with Gasteiger partial charge in [0.15, 0.2) is 0 Å². The zero-order valence-electron chi connectivity index (χ0n) is 13.0. The Labute approximate surface area is 133 Å². The van der Waals surface area contributed by atoms with E-state index in [2.05, 4.69) is 5.32 Å². The number of halogens is 3. The first-order chi connectivity index (χ1) is 11.0. The summed E-state index contributed by atoms with van der Waals surface area (Å²) in [5, 5.41) is 3.21. The average molecular weight is 327 g/mol. The van der Waals surface area contributed by atoms with Gasteiger partial charge < -0.3 is 14.5 Å². The maximum Gasteiger partial charge on any atom is 0.416 e. The number of ether oxygens (including phenoxy) is 1. The van der Waals surface area contributed by atoms with E-state index in [1.807, 2.05) is 6.92 Å². The zero-order chi connectivity index (χ0) is 16.7. The molecule has 0 atom stereocenters. The molecule has 1 N–H and O–H groups in total. The highest BCUT2D eigenvalue weighted by atomic mass is 19.4. The first kappa shape index (κ1) is 17.6. The van der Waals surface area contributed by atoms with Crippen molar-refractivity contribution in [3.05, 3.63) is 47.7 Å². The van der Waals surface area contributed by atoms with Crippen LogP contribution in [0.5, 0.6) is 0 Å². The predicted molar refractivity (Wildman–Crippen MR) is 82.0 cm³/mol. The Bertz CT molecular complexity index is 608. The van der Waals surface area contributed by atoms with Crippen LogP contribution in [0.15, 0.2) is 40.8 Å². The minimum Gasteiger partial charge on any atom is -0.460 e. The van der Waals surface area contributed by atoms with E-state index in [0.717, 1.165) is 25.1 Å². The van der Waals surface area contributed by atoms with Gasteiger partial charge in [-0.05, 0) is 44.2 Å². The highest BCUT2D eigenvalue weighted by molar-refractivity contribution is 5.58. The molecule has 0 saturated heterocycles. The van der Waals surface area contributed by atoms with Crippen LogP contribution in [0.1, 0.15) is 24.7 Å². The number of alkyl halides is 3. The van der Waals surface area contributed by atoms with Gasteiger partial charge in [-0.3, -0.25) is 0 Å². The molecular weight excluding hydrogens is 307 g/mol. The van der Waals surface area contributed by atoms with Crippen LogP contribution in [-0.4, -0.2) is 19.8 Å². The molecule has 0 amide bonds. The van der Waals surface area contributed by atoms with Gasteiger partial charge in [0.2, 0.25) is 0 Å². The van der Waals surface area contributed by atoms with Gasteiger partial charge in [0.05, 0.1) is 12.1 Å². The smallest absolute Gasteiger partial charge is 0.416 e. The molecule has 0 bridgehead atoms. The summed E-state index contributed by atoms with van der Waals surface area (Å²) in [5.41, 5.74) is -0.260. The lowest BCUT2D eigenvalue weighted by Crippen LogP contribution is -2.15. The van der Waals surface area contributed by atoms with Crippen molar-refractivity contribution in [2.24, 2.45) is 0 Å². The van der Waals surface area contributed by atoms with Crippen LogP contribution in [0.4, 0.5) is 13.2 Å². The zero-order valence-corrected chi connectivity index (χ0v) is 13.0. The summed E-state index contributed by atoms with van der Waals surface area (Å²) >= 11 is 0. The van der Waals surface area contributed by atoms with Crippen LogP contribution in [0.25, 0.3) is 11.3 Å². The first-order valence-electron chi connectivity index (χ1n) is 7.55. The van der Waals surface area contributed by atoms with E-state index < -0.39 is 11.7 Å². The summed E-state index contributed by atoms with van der Waals surface area (Å²) in [6, 6.07) is 8.59. The molecule has 6 heteroatoms. The maximum absolute atomic E-state index is 12.7. The SMILES string of the molecule is CCOCCCNCc1ccc(-c2cccc(C(F)(F)F)c2)o1. The first-order valence-corrected chi connectivity index (χ1v) is 7.55. The van der Waals surface area contributed by atoms with E-state index >= 15 is 0 Å². The van der Waals surface area contributed by atoms with E-state index in [1.54, 1.807) is 18.2 Å². The quantitative estimate of drug-likeness (QED) is 0.726. The van der Waals surface area contributed by atoms with Gasteiger partial charge in [0, 0.05) is 18.8 Å². The van der Waals surface area contributed by atoms with Crippen molar-refractivity contribution in [3.63, 3.8) is 0 Å². The van der Waals surface area contributed by atoms with E-state index in [-0.39, 0.29) is 0 Å². The Kier molecular flexibility index (Phi) is 6.24. The second kappa shape index (κ2) is 8.17. The summed E-state index contributed by atoms with van der Waals surface area (Å²) in [6.07, 6.45) is -3.46. The second-order valence-electron chi connectivity index (χ2n) is 5.07. The molecule has 2 aromatic rings. The summed E-state index contributed by atoms with van der Waals surface area (Å²) < 4.78 is 49.0. The fourth-order valence-corrected chi connectivity index (χ4v) is 2.13. The van der Waals surface area contributed by atoms with Crippen molar-refractivity contribution in [2.45, 2.75) is 26.1 Å². The third-order valence-electron chi connectivity index (χ3n) is 3.28. The molecule has 0 spiro atoms. The molecule has 3 nitrogen and oxygen atoms in total. The Balaban J connectivity index is 1.92. The minimum absolute atomic E-state index is 0.419. The monoisotopic (exact) mass is 327 g/mol. The Morgan fingerprint density at radius 3 is 2.74 bits per heavy atom. The highest BCUT2D eigenvalue weighted by Gasteiger charge is 2.30. The third kappa shape index (κ3) is 5.41. The molecule has 1 aromatic carbocycles. The van der Waals surface area contributed by atoms with Crippen LogP contribution >= 0.6 is 0 Å². The second-order valence-corrected chi connectivity index (χ2v) is 5.07. The van der Waals surface area contributed by atoms with Crippen molar-refractivity contribution < 1.29 is 22.3 Å². The molecule has 126 valence electrons. The number of nitrogens with one attached hydrogen (secondary N) is 1. The van der Waals surface area contributed by atoms with E-state index in [9.17, 15) is 13.2 Å². The van der Waals surface area contributed by atoms with E-state index in [4.69, 9.17) is 9.15 Å². The van der Waals surface area contributed by atoms with Gasteiger partial charge in [0.25, 0.3) is 0 Å². The molecule has 23 heavy (non-hydrogen) atoms. The normalized spacial score (nSPS) is 11.8. The molecular formula is C17H20F3NO2. The van der Waals surface area contributed by atoms with Gasteiger partial charge in [-0.1, -0.05) is 12.1 Å². The van der Waals surface area contributed by atoms with Gasteiger partial charge in [-0.15, -0.1) is 0 Å². The predicted octanol–water partition coefficient (Wildman–Crippen LogP) is 4.48. The average Bonchev–Trinajstić information content (AvgIpc) is 2.99. The lowest BCUT2D eigenvalue weighted by molar-refractivity contribution is -0.137. The summed E-state index contributed by atoms with van der Waals surface area (Å²) in [6.45, 7) is 4.69. The standard InChI is InChI=1S/C17H20F3NO2/c1-2-22-10-4-9-21-12-15-7-8-16(23-15)13-5-3-6-14(11-13)17(18,19)20/h3,5-8,11,21H,2,4,9-10,12H2,1H3. The van der Waals surface area contributed by atoms with Crippen LogP contribution in [0.3, 0.4) is 0 Å². The third-order valence-corrected chi connectivity index (χ3v) is 3.28. The molecule has 0 saturated carbocycles. The van der Waals surface area contributed by atoms with Gasteiger partial charge >= 0.3 is 6.18 Å². The van der Waals surface area contributed by atoms with Crippen molar-refractivity contribution in [1.29, 1.82) is 0 Å². The Hall–Kier alpha value is -1.79. The van der Waals surface area contributed by atoms with Crippen molar-refractivity contribution in [2.75, 3.05) is 19.8 Å². The highest BCUT2D eigenvalue weighted by Crippen LogP contribution is 2.32. The van der Waals surface area contributed by atoms with Crippen LogP contribution in [-0.2, 0) is 17.5 Å². The topological polar surface area (TPSA) is 34.4 Å². The molecule has 1 heterocycles. The molecule has 0 fully saturated rings. The van der Waals surface area contributed by atoms with Gasteiger partial charge in [-0.25, -0.2) is 0 Å². The van der Waals surface area contributed by atoms with Crippen LogP contribution < -0.4 is 5.32 Å². The Morgan fingerprint density at radius 2 is 2.00 bits per heavy atom. The molecule has 0 radical (unpaired) electrons.